The highest BCUT2D eigenvalue weighted by Crippen LogP contribution is 2.25. The topological polar surface area (TPSA) is 42.4 Å². The molecule has 0 radical (unpaired) electrons. The predicted octanol–water partition coefficient (Wildman–Crippen LogP) is 3.29. The number of rotatable bonds is 4. The molecule has 2 rings (SSSR count). The zero-order chi connectivity index (χ0) is 12.3. The molecule has 0 fully saturated rings. The van der Waals surface area contributed by atoms with E-state index in [1.807, 2.05) is 30.5 Å². The third kappa shape index (κ3) is 3.06. The number of thiophene rings is 1. The van der Waals surface area contributed by atoms with E-state index in [0.717, 1.165) is 15.0 Å². The summed E-state index contributed by atoms with van der Waals surface area (Å²) < 4.78 is 6.72. The zero-order valence-electron chi connectivity index (χ0n) is 9.31. The van der Waals surface area contributed by atoms with Crippen LogP contribution < -0.4 is 4.74 Å². The van der Waals surface area contributed by atoms with Gasteiger partial charge < -0.3 is 9.84 Å². The fourth-order valence-corrected chi connectivity index (χ4v) is 2.79. The summed E-state index contributed by atoms with van der Waals surface area (Å²) in [5, 5.41) is 11.2. The molecule has 2 aromatic rings. The maximum Gasteiger partial charge on any atom is 0.143 e. The van der Waals surface area contributed by atoms with Crippen LogP contribution in [0.3, 0.4) is 0 Å². The number of aliphatic hydroxyl groups excluding tert-OH is 1. The molecule has 0 saturated carbocycles. The fourth-order valence-electron chi connectivity index (χ4n) is 1.41. The Hall–Kier alpha value is -0.910. The summed E-state index contributed by atoms with van der Waals surface area (Å²) in [5.41, 5.74) is 1.45. The number of hydrogen-bond acceptors (Lipinski definition) is 4. The Kier molecular flexibility index (Phi) is 4.15. The maximum atomic E-state index is 9.21. The molecule has 2 heterocycles. The number of aliphatic hydroxyl groups is 1. The molecule has 1 N–H and O–H groups in total. The average molecular weight is 314 g/mol. The molecule has 5 heteroatoms. The summed E-state index contributed by atoms with van der Waals surface area (Å²) in [6.07, 6.45) is 0. The van der Waals surface area contributed by atoms with E-state index < -0.39 is 0 Å². The summed E-state index contributed by atoms with van der Waals surface area (Å²) in [7, 11) is 0. The van der Waals surface area contributed by atoms with Gasteiger partial charge in [0.15, 0.2) is 0 Å². The van der Waals surface area contributed by atoms with Gasteiger partial charge in [0.1, 0.15) is 18.1 Å². The number of aromatic nitrogens is 1. The van der Waals surface area contributed by atoms with E-state index >= 15 is 0 Å². The molecule has 0 unspecified atom stereocenters. The van der Waals surface area contributed by atoms with Gasteiger partial charge in [-0.3, -0.25) is 4.98 Å². The Morgan fingerprint density at radius 2 is 2.24 bits per heavy atom. The van der Waals surface area contributed by atoms with Gasteiger partial charge in [0.05, 0.1) is 11.5 Å². The summed E-state index contributed by atoms with van der Waals surface area (Å²) in [6, 6.07) is 5.71. The SMILES string of the molecule is Cc1ccc(OCc2sccc2Br)c(CO)n1. The number of hydrogen-bond donors (Lipinski definition) is 1. The molecule has 90 valence electrons. The largest absolute Gasteiger partial charge is 0.486 e. The minimum Gasteiger partial charge on any atom is -0.486 e. The maximum absolute atomic E-state index is 9.21. The summed E-state index contributed by atoms with van der Waals surface area (Å²) in [5.74, 6) is 0.637. The highest BCUT2D eigenvalue weighted by Gasteiger charge is 2.07. The van der Waals surface area contributed by atoms with Crippen molar-refractivity contribution in [2.75, 3.05) is 0 Å². The van der Waals surface area contributed by atoms with E-state index in [1.54, 1.807) is 11.3 Å². The van der Waals surface area contributed by atoms with Crippen LogP contribution in [0.4, 0.5) is 0 Å². The van der Waals surface area contributed by atoms with Crippen molar-refractivity contribution < 1.29 is 9.84 Å². The molecule has 0 aromatic carbocycles. The molecule has 0 spiro atoms. The molecule has 0 aliphatic rings. The van der Waals surface area contributed by atoms with Gasteiger partial charge in [0.25, 0.3) is 0 Å². The molecule has 0 amide bonds. The van der Waals surface area contributed by atoms with Crippen molar-refractivity contribution in [3.8, 4) is 5.75 Å². The minimum atomic E-state index is -0.109. The lowest BCUT2D eigenvalue weighted by atomic mass is 10.3. The monoisotopic (exact) mass is 313 g/mol. The first-order chi connectivity index (χ1) is 8.20. The van der Waals surface area contributed by atoms with Gasteiger partial charge >= 0.3 is 0 Å². The second-order valence-electron chi connectivity index (χ2n) is 3.54. The lowest BCUT2D eigenvalue weighted by Gasteiger charge is -2.09. The van der Waals surface area contributed by atoms with Crippen molar-refractivity contribution in [2.45, 2.75) is 20.1 Å². The molecular weight excluding hydrogens is 302 g/mol. The number of halogens is 1. The van der Waals surface area contributed by atoms with Crippen LogP contribution in [0.15, 0.2) is 28.1 Å². The Labute approximate surface area is 112 Å². The van der Waals surface area contributed by atoms with Crippen molar-refractivity contribution in [1.29, 1.82) is 0 Å². The summed E-state index contributed by atoms with van der Waals surface area (Å²) in [6.45, 7) is 2.26. The molecule has 0 atom stereocenters. The molecule has 0 bridgehead atoms. The Morgan fingerprint density at radius 3 is 2.88 bits per heavy atom. The van der Waals surface area contributed by atoms with Gasteiger partial charge in [-0.1, -0.05) is 0 Å². The van der Waals surface area contributed by atoms with Crippen LogP contribution >= 0.6 is 27.3 Å². The van der Waals surface area contributed by atoms with Crippen molar-refractivity contribution >= 4 is 27.3 Å². The predicted molar refractivity (Wildman–Crippen MR) is 71.2 cm³/mol. The number of pyridine rings is 1. The summed E-state index contributed by atoms with van der Waals surface area (Å²) >= 11 is 5.08. The van der Waals surface area contributed by atoms with E-state index in [4.69, 9.17) is 4.74 Å². The van der Waals surface area contributed by atoms with Gasteiger partial charge in [-0.15, -0.1) is 11.3 Å². The van der Waals surface area contributed by atoms with Crippen molar-refractivity contribution in [1.82, 2.24) is 4.98 Å². The average Bonchev–Trinajstić information content (AvgIpc) is 2.73. The van der Waals surface area contributed by atoms with E-state index in [1.165, 1.54) is 0 Å². The lowest BCUT2D eigenvalue weighted by molar-refractivity contribution is 0.254. The third-order valence-corrected chi connectivity index (χ3v) is 4.17. The van der Waals surface area contributed by atoms with E-state index in [-0.39, 0.29) is 6.61 Å². The molecule has 3 nitrogen and oxygen atoms in total. The number of aryl methyl sites for hydroxylation is 1. The second kappa shape index (κ2) is 5.62. The first-order valence-corrected chi connectivity index (χ1v) is 6.80. The van der Waals surface area contributed by atoms with Crippen LogP contribution in [0.25, 0.3) is 0 Å². The van der Waals surface area contributed by atoms with Crippen molar-refractivity contribution in [3.05, 3.63) is 44.3 Å². The van der Waals surface area contributed by atoms with Gasteiger partial charge in [0, 0.05) is 10.2 Å². The highest BCUT2D eigenvalue weighted by atomic mass is 79.9. The lowest BCUT2D eigenvalue weighted by Crippen LogP contribution is -2.00. The van der Waals surface area contributed by atoms with Gasteiger partial charge in [-0.2, -0.15) is 0 Å². The van der Waals surface area contributed by atoms with E-state index in [2.05, 4.69) is 20.9 Å². The highest BCUT2D eigenvalue weighted by molar-refractivity contribution is 9.10. The van der Waals surface area contributed by atoms with E-state index in [0.29, 0.717) is 18.1 Å². The van der Waals surface area contributed by atoms with Gasteiger partial charge in [-0.25, -0.2) is 0 Å². The van der Waals surface area contributed by atoms with Crippen LogP contribution in [-0.2, 0) is 13.2 Å². The van der Waals surface area contributed by atoms with Crippen LogP contribution in [0, 0.1) is 6.92 Å². The standard InChI is InChI=1S/C12H12BrNO2S/c1-8-2-3-11(10(6-15)14-8)16-7-12-9(13)4-5-17-12/h2-5,15H,6-7H2,1H3. The smallest absolute Gasteiger partial charge is 0.143 e. The van der Waals surface area contributed by atoms with Crippen LogP contribution in [0.5, 0.6) is 5.75 Å². The normalized spacial score (nSPS) is 10.5. The Bertz CT molecular complexity index is 513. The van der Waals surface area contributed by atoms with Crippen LogP contribution in [-0.4, -0.2) is 10.1 Å². The van der Waals surface area contributed by atoms with Crippen molar-refractivity contribution in [2.24, 2.45) is 0 Å². The van der Waals surface area contributed by atoms with Crippen LogP contribution in [0.1, 0.15) is 16.3 Å². The third-order valence-electron chi connectivity index (χ3n) is 2.27. The number of ether oxygens (including phenoxy) is 1. The molecular formula is C12H12BrNO2S. The zero-order valence-corrected chi connectivity index (χ0v) is 11.7. The molecule has 2 aromatic heterocycles. The molecule has 0 aliphatic carbocycles. The first-order valence-electron chi connectivity index (χ1n) is 5.12. The summed E-state index contributed by atoms with van der Waals surface area (Å²) in [4.78, 5) is 5.35. The second-order valence-corrected chi connectivity index (χ2v) is 5.39. The number of nitrogens with zero attached hydrogens (tertiary/aromatic N) is 1. The first kappa shape index (κ1) is 12.5. The van der Waals surface area contributed by atoms with Gasteiger partial charge in [0.2, 0.25) is 0 Å². The van der Waals surface area contributed by atoms with Gasteiger partial charge in [-0.05, 0) is 46.4 Å². The van der Waals surface area contributed by atoms with Crippen molar-refractivity contribution in [3.63, 3.8) is 0 Å². The molecule has 0 saturated heterocycles. The Balaban J connectivity index is 2.11. The fraction of sp³-hybridized carbons (Fsp3) is 0.250. The Morgan fingerprint density at radius 1 is 1.41 bits per heavy atom. The minimum absolute atomic E-state index is 0.109. The van der Waals surface area contributed by atoms with Crippen LogP contribution in [0.2, 0.25) is 0 Å². The molecule has 0 aliphatic heterocycles. The quantitative estimate of drug-likeness (QED) is 0.942. The van der Waals surface area contributed by atoms with E-state index in [9.17, 15) is 5.11 Å². The molecule has 17 heavy (non-hydrogen) atoms.